The van der Waals surface area contributed by atoms with Gasteiger partial charge in [-0.1, -0.05) is 12.1 Å². The number of para-hydroxylation sites is 1. The molecule has 1 atom stereocenters. The lowest BCUT2D eigenvalue weighted by atomic mass is 10.0. The third kappa shape index (κ3) is 2.87. The number of rotatable bonds is 4. The number of halogens is 1. The number of hydrogen-bond acceptors (Lipinski definition) is 4. The largest absolute Gasteiger partial charge is 0.490 e. The summed E-state index contributed by atoms with van der Waals surface area (Å²) in [7, 11) is 0. The Bertz CT molecular complexity index is 436. The van der Waals surface area contributed by atoms with E-state index in [2.05, 4.69) is 4.99 Å². The van der Waals surface area contributed by atoms with Crippen LogP contribution in [0.3, 0.4) is 0 Å². The second-order valence-electron chi connectivity index (χ2n) is 4.26. The van der Waals surface area contributed by atoms with Crippen molar-refractivity contribution >= 4 is 6.02 Å². The number of ether oxygens (including phenoxy) is 2. The molecular weight excluding hydrogens is 223 g/mol. The van der Waals surface area contributed by atoms with Crippen LogP contribution in [0.5, 0.6) is 5.75 Å². The molecule has 0 saturated carbocycles. The van der Waals surface area contributed by atoms with Crippen molar-refractivity contribution in [1.29, 1.82) is 0 Å². The Balaban J connectivity index is 1.86. The van der Waals surface area contributed by atoms with Gasteiger partial charge in [-0.15, -0.1) is 0 Å². The first-order valence-corrected chi connectivity index (χ1v) is 5.44. The fraction of sp³-hybridized carbons (Fsp3) is 0.417. The minimum absolute atomic E-state index is 0.207. The topological polar surface area (TPSA) is 56.8 Å². The van der Waals surface area contributed by atoms with Crippen LogP contribution in [-0.2, 0) is 4.74 Å². The molecule has 92 valence electrons. The molecule has 1 aliphatic heterocycles. The van der Waals surface area contributed by atoms with Gasteiger partial charge in [-0.25, -0.2) is 9.38 Å². The number of nitrogens with zero attached hydrogens (tertiary/aromatic N) is 1. The molecule has 1 aromatic rings. The lowest BCUT2D eigenvalue weighted by molar-refractivity contribution is 0.213. The quantitative estimate of drug-likeness (QED) is 0.868. The summed E-state index contributed by atoms with van der Waals surface area (Å²) in [6.45, 7) is 2.74. The molecule has 0 bridgehead atoms. The monoisotopic (exact) mass is 238 g/mol. The summed E-state index contributed by atoms with van der Waals surface area (Å²) in [5.74, 6) is -0.102. The Labute approximate surface area is 99.2 Å². The minimum atomic E-state index is -0.366. The minimum Gasteiger partial charge on any atom is -0.490 e. The van der Waals surface area contributed by atoms with E-state index in [0.717, 1.165) is 0 Å². The van der Waals surface area contributed by atoms with E-state index in [9.17, 15) is 4.39 Å². The number of hydrogen-bond donors (Lipinski definition) is 1. The van der Waals surface area contributed by atoms with Crippen LogP contribution in [0.4, 0.5) is 4.39 Å². The van der Waals surface area contributed by atoms with E-state index >= 15 is 0 Å². The van der Waals surface area contributed by atoms with Gasteiger partial charge < -0.3 is 15.2 Å². The highest BCUT2D eigenvalue weighted by Crippen LogP contribution is 2.22. The van der Waals surface area contributed by atoms with Crippen LogP contribution in [-0.4, -0.2) is 24.8 Å². The van der Waals surface area contributed by atoms with E-state index in [-0.39, 0.29) is 23.1 Å². The molecule has 1 aliphatic rings. The van der Waals surface area contributed by atoms with E-state index in [4.69, 9.17) is 15.2 Å². The highest BCUT2D eigenvalue weighted by molar-refractivity contribution is 5.73. The maximum absolute atomic E-state index is 13.3. The van der Waals surface area contributed by atoms with Crippen LogP contribution in [0.25, 0.3) is 0 Å². The molecular formula is C12H15FN2O2. The Morgan fingerprint density at radius 2 is 2.29 bits per heavy atom. The summed E-state index contributed by atoms with van der Waals surface area (Å²) in [6.07, 6.45) is 0.627. The highest BCUT2D eigenvalue weighted by atomic mass is 19.1. The lowest BCUT2D eigenvalue weighted by Gasteiger charge is -2.18. The van der Waals surface area contributed by atoms with E-state index in [0.29, 0.717) is 19.6 Å². The standard InChI is InChI=1S/C12H15FN2O2/c1-12(8-17-11(14)15-12)6-7-16-10-5-3-2-4-9(10)13/h2-5H,6-8H2,1H3,(H2,14,15)/t12-/m0/s1. The fourth-order valence-electron chi connectivity index (χ4n) is 1.63. The Hall–Kier alpha value is -1.78. The van der Waals surface area contributed by atoms with Crippen molar-refractivity contribution in [3.63, 3.8) is 0 Å². The van der Waals surface area contributed by atoms with E-state index in [1.807, 2.05) is 6.92 Å². The van der Waals surface area contributed by atoms with Crippen LogP contribution in [0.2, 0.25) is 0 Å². The van der Waals surface area contributed by atoms with Crippen LogP contribution < -0.4 is 10.5 Å². The van der Waals surface area contributed by atoms with Gasteiger partial charge in [0.15, 0.2) is 11.6 Å². The van der Waals surface area contributed by atoms with Crippen molar-refractivity contribution in [2.24, 2.45) is 10.7 Å². The summed E-state index contributed by atoms with van der Waals surface area (Å²) in [5.41, 5.74) is 5.08. The Kier molecular flexibility index (Phi) is 3.17. The van der Waals surface area contributed by atoms with Crippen LogP contribution in [0, 0.1) is 5.82 Å². The molecule has 4 nitrogen and oxygen atoms in total. The van der Waals surface area contributed by atoms with Crippen molar-refractivity contribution in [3.8, 4) is 5.75 Å². The normalized spacial score (nSPS) is 23.1. The van der Waals surface area contributed by atoms with Crippen molar-refractivity contribution < 1.29 is 13.9 Å². The Morgan fingerprint density at radius 1 is 1.53 bits per heavy atom. The van der Waals surface area contributed by atoms with Gasteiger partial charge in [0.05, 0.1) is 6.61 Å². The molecule has 0 spiro atoms. The van der Waals surface area contributed by atoms with Crippen LogP contribution in [0.1, 0.15) is 13.3 Å². The molecule has 1 heterocycles. The summed E-state index contributed by atoms with van der Waals surface area (Å²) < 4.78 is 23.7. The van der Waals surface area contributed by atoms with Crippen molar-refractivity contribution in [3.05, 3.63) is 30.1 Å². The van der Waals surface area contributed by atoms with Gasteiger partial charge in [-0.05, 0) is 19.1 Å². The molecule has 1 aromatic carbocycles. The summed E-state index contributed by atoms with van der Waals surface area (Å²) in [5, 5.41) is 0. The molecule has 0 fully saturated rings. The van der Waals surface area contributed by atoms with Crippen LogP contribution in [0.15, 0.2) is 29.3 Å². The zero-order valence-corrected chi connectivity index (χ0v) is 9.65. The molecule has 2 N–H and O–H groups in total. The predicted octanol–water partition coefficient (Wildman–Crippen LogP) is 1.70. The molecule has 5 heteroatoms. The zero-order chi connectivity index (χ0) is 12.3. The van der Waals surface area contributed by atoms with Gasteiger partial charge in [0, 0.05) is 6.42 Å². The third-order valence-electron chi connectivity index (χ3n) is 2.65. The number of nitrogens with two attached hydrogens (primary N) is 1. The van der Waals surface area contributed by atoms with Gasteiger partial charge in [0.2, 0.25) is 0 Å². The number of aliphatic imine (C=N–C) groups is 1. The lowest BCUT2D eigenvalue weighted by Crippen LogP contribution is -2.26. The fourth-order valence-corrected chi connectivity index (χ4v) is 1.63. The zero-order valence-electron chi connectivity index (χ0n) is 9.65. The third-order valence-corrected chi connectivity index (χ3v) is 2.65. The molecule has 0 aromatic heterocycles. The van der Waals surface area contributed by atoms with Crippen molar-refractivity contribution in [2.45, 2.75) is 18.9 Å². The molecule has 0 radical (unpaired) electrons. The molecule has 0 unspecified atom stereocenters. The van der Waals surface area contributed by atoms with E-state index in [1.54, 1.807) is 18.2 Å². The van der Waals surface area contributed by atoms with Gasteiger partial charge in [-0.3, -0.25) is 0 Å². The SMILES string of the molecule is C[C@]1(CCOc2ccccc2F)COC(N)=N1. The first-order chi connectivity index (χ1) is 8.09. The Morgan fingerprint density at radius 3 is 2.94 bits per heavy atom. The molecule has 2 rings (SSSR count). The summed E-state index contributed by atoms with van der Waals surface area (Å²) in [6, 6.07) is 6.53. The van der Waals surface area contributed by atoms with Crippen LogP contribution >= 0.6 is 0 Å². The van der Waals surface area contributed by atoms with Crippen molar-refractivity contribution in [2.75, 3.05) is 13.2 Å². The maximum atomic E-state index is 13.3. The number of benzene rings is 1. The summed E-state index contributed by atoms with van der Waals surface area (Å²) in [4.78, 5) is 4.17. The first kappa shape index (κ1) is 11.7. The highest BCUT2D eigenvalue weighted by Gasteiger charge is 2.30. The van der Waals surface area contributed by atoms with Crippen molar-refractivity contribution in [1.82, 2.24) is 0 Å². The molecule has 0 amide bonds. The number of amidine groups is 1. The average Bonchev–Trinajstić information content (AvgIpc) is 2.62. The summed E-state index contributed by atoms with van der Waals surface area (Å²) >= 11 is 0. The molecule has 0 saturated heterocycles. The van der Waals surface area contributed by atoms with E-state index in [1.165, 1.54) is 6.07 Å². The second-order valence-corrected chi connectivity index (χ2v) is 4.26. The van der Waals surface area contributed by atoms with Gasteiger partial charge in [-0.2, -0.15) is 0 Å². The first-order valence-electron chi connectivity index (χ1n) is 5.44. The van der Waals surface area contributed by atoms with Gasteiger partial charge in [0.1, 0.15) is 12.1 Å². The molecule has 0 aliphatic carbocycles. The predicted molar refractivity (Wildman–Crippen MR) is 62.5 cm³/mol. The second kappa shape index (κ2) is 4.61. The molecule has 17 heavy (non-hydrogen) atoms. The van der Waals surface area contributed by atoms with Gasteiger partial charge in [0.25, 0.3) is 6.02 Å². The average molecular weight is 238 g/mol. The van der Waals surface area contributed by atoms with E-state index < -0.39 is 0 Å². The van der Waals surface area contributed by atoms with Gasteiger partial charge >= 0.3 is 0 Å². The smallest absolute Gasteiger partial charge is 0.282 e. The maximum Gasteiger partial charge on any atom is 0.282 e.